The number of hydrogen-bond acceptors (Lipinski definition) is 6. The van der Waals surface area contributed by atoms with E-state index in [0.717, 1.165) is 48.6 Å². The number of alkyl halides is 3. The van der Waals surface area contributed by atoms with Crippen LogP contribution >= 0.6 is 12.1 Å². The Morgan fingerprint density at radius 3 is 2.71 bits per heavy atom. The predicted molar refractivity (Wildman–Crippen MR) is 130 cm³/mol. The van der Waals surface area contributed by atoms with Gasteiger partial charge in [-0.2, -0.15) is 13.2 Å². The summed E-state index contributed by atoms with van der Waals surface area (Å²) in [7, 11) is 0. The minimum atomic E-state index is -4.37. The van der Waals surface area contributed by atoms with Crippen molar-refractivity contribution in [1.29, 1.82) is 0 Å². The Labute approximate surface area is 200 Å². The van der Waals surface area contributed by atoms with Crippen LogP contribution in [-0.2, 0) is 19.1 Å². The molecule has 0 bridgehead atoms. The molecule has 0 atom stereocenters. The Balaban J connectivity index is 1.46. The zero-order chi connectivity index (χ0) is 23.5. The molecular weight excluding hydrogens is 459 g/mol. The SMILES string of the molecule is FC(F)(F)c1ccc(-c2cccc3c2CCN(SNc2ccncn2)C3)c(C2=CCNCC2)c1. The van der Waals surface area contributed by atoms with Crippen LogP contribution < -0.4 is 10.0 Å². The fraction of sp³-hybridized carbons (Fsp3) is 0.280. The van der Waals surface area contributed by atoms with Crippen LogP contribution in [0.4, 0.5) is 19.0 Å². The van der Waals surface area contributed by atoms with E-state index in [1.807, 2.05) is 24.3 Å². The largest absolute Gasteiger partial charge is 0.416 e. The van der Waals surface area contributed by atoms with Crippen LogP contribution in [0.1, 0.15) is 28.7 Å². The summed E-state index contributed by atoms with van der Waals surface area (Å²) in [6.45, 7) is 2.98. The van der Waals surface area contributed by atoms with Crippen molar-refractivity contribution < 1.29 is 13.2 Å². The van der Waals surface area contributed by atoms with E-state index in [1.54, 1.807) is 12.3 Å². The molecule has 2 aliphatic rings. The van der Waals surface area contributed by atoms with Gasteiger partial charge < -0.3 is 10.0 Å². The Morgan fingerprint density at radius 1 is 1.03 bits per heavy atom. The number of anilines is 1. The lowest BCUT2D eigenvalue weighted by Crippen LogP contribution is -2.26. The molecule has 0 radical (unpaired) electrons. The molecule has 34 heavy (non-hydrogen) atoms. The summed E-state index contributed by atoms with van der Waals surface area (Å²) in [6, 6.07) is 12.1. The van der Waals surface area contributed by atoms with Crippen molar-refractivity contribution in [2.24, 2.45) is 0 Å². The van der Waals surface area contributed by atoms with Crippen molar-refractivity contribution in [3.05, 3.63) is 83.3 Å². The van der Waals surface area contributed by atoms with Gasteiger partial charge in [-0.3, -0.25) is 0 Å². The van der Waals surface area contributed by atoms with Crippen LogP contribution in [0, 0.1) is 0 Å². The molecule has 2 aromatic carbocycles. The molecule has 176 valence electrons. The van der Waals surface area contributed by atoms with E-state index in [0.29, 0.717) is 18.5 Å². The van der Waals surface area contributed by atoms with Crippen LogP contribution in [0.3, 0.4) is 0 Å². The number of fused-ring (bicyclic) bond motifs is 1. The lowest BCUT2D eigenvalue weighted by molar-refractivity contribution is -0.137. The molecule has 1 aromatic heterocycles. The molecule has 3 heterocycles. The third-order valence-corrected chi connectivity index (χ3v) is 7.01. The minimum Gasteiger partial charge on any atom is -0.313 e. The Hall–Kier alpha value is -2.88. The Kier molecular flexibility index (Phi) is 6.58. The summed E-state index contributed by atoms with van der Waals surface area (Å²) in [5.41, 5.74) is 5.34. The fourth-order valence-corrected chi connectivity index (χ4v) is 5.19. The van der Waals surface area contributed by atoms with Gasteiger partial charge in [-0.15, -0.1) is 0 Å². The van der Waals surface area contributed by atoms with Gasteiger partial charge in [0.15, 0.2) is 0 Å². The summed E-state index contributed by atoms with van der Waals surface area (Å²) >= 11 is 1.50. The molecule has 2 N–H and O–H groups in total. The van der Waals surface area contributed by atoms with E-state index < -0.39 is 11.7 Å². The topological polar surface area (TPSA) is 53.1 Å². The van der Waals surface area contributed by atoms with Crippen molar-refractivity contribution in [3.63, 3.8) is 0 Å². The molecular formula is C25H24F3N5S. The average molecular weight is 484 g/mol. The van der Waals surface area contributed by atoms with Crippen molar-refractivity contribution in [1.82, 2.24) is 19.6 Å². The molecule has 9 heteroatoms. The second kappa shape index (κ2) is 9.77. The van der Waals surface area contributed by atoms with E-state index in [4.69, 9.17) is 0 Å². The maximum atomic E-state index is 13.5. The lowest BCUT2D eigenvalue weighted by Gasteiger charge is -2.29. The van der Waals surface area contributed by atoms with Gasteiger partial charge >= 0.3 is 6.18 Å². The molecule has 0 fully saturated rings. The first-order valence-corrected chi connectivity index (χ1v) is 11.9. The van der Waals surface area contributed by atoms with Crippen LogP contribution in [0.5, 0.6) is 0 Å². The number of nitrogens with zero attached hydrogens (tertiary/aromatic N) is 3. The number of nitrogens with one attached hydrogen (secondary N) is 2. The van der Waals surface area contributed by atoms with Gasteiger partial charge in [-0.05, 0) is 71.0 Å². The number of benzene rings is 2. The summed E-state index contributed by atoms with van der Waals surface area (Å²) in [5, 5.41) is 3.25. The third kappa shape index (κ3) is 4.96. The van der Waals surface area contributed by atoms with Crippen LogP contribution in [0.2, 0.25) is 0 Å². The Bertz CT molecular complexity index is 1200. The number of aromatic nitrogens is 2. The van der Waals surface area contributed by atoms with Gasteiger partial charge in [0.05, 0.1) is 5.56 Å². The highest BCUT2D eigenvalue weighted by atomic mass is 32.2. The van der Waals surface area contributed by atoms with Crippen molar-refractivity contribution in [2.45, 2.75) is 25.6 Å². The summed E-state index contributed by atoms with van der Waals surface area (Å²) < 4.78 is 46.0. The minimum absolute atomic E-state index is 0.603. The van der Waals surface area contributed by atoms with Crippen molar-refractivity contribution in [3.8, 4) is 11.1 Å². The van der Waals surface area contributed by atoms with E-state index in [9.17, 15) is 13.2 Å². The molecule has 5 rings (SSSR count). The first kappa shape index (κ1) is 22.9. The summed E-state index contributed by atoms with van der Waals surface area (Å²) in [4.78, 5) is 8.10. The van der Waals surface area contributed by atoms with E-state index in [-0.39, 0.29) is 0 Å². The van der Waals surface area contributed by atoms with Gasteiger partial charge in [0, 0.05) is 38.0 Å². The standard InChI is InChI=1S/C25H24F3N5S/c26-25(27,28)19-4-5-22(23(14-19)17-6-10-29-11-7-17)21-3-1-2-18-15-33(13-9-20(18)21)34-32-24-8-12-30-16-31-24/h1-6,8,12,14,16,29H,7,9-11,13,15H2,(H,30,31,32). The van der Waals surface area contributed by atoms with Gasteiger partial charge in [-0.25, -0.2) is 14.3 Å². The normalized spacial score (nSPS) is 16.6. The van der Waals surface area contributed by atoms with Gasteiger partial charge in [0.2, 0.25) is 0 Å². The molecule has 0 spiro atoms. The number of hydrogen-bond donors (Lipinski definition) is 2. The summed E-state index contributed by atoms with van der Waals surface area (Å²) in [6.07, 6.45) is 2.35. The molecule has 0 amide bonds. The quantitative estimate of drug-likeness (QED) is 0.463. The highest BCUT2D eigenvalue weighted by Crippen LogP contribution is 2.40. The zero-order valence-electron chi connectivity index (χ0n) is 18.4. The second-order valence-electron chi connectivity index (χ2n) is 8.29. The zero-order valence-corrected chi connectivity index (χ0v) is 19.2. The highest BCUT2D eigenvalue weighted by Gasteiger charge is 2.32. The molecule has 0 saturated carbocycles. The van der Waals surface area contributed by atoms with E-state index >= 15 is 0 Å². The maximum Gasteiger partial charge on any atom is 0.416 e. The average Bonchev–Trinajstić information content (AvgIpc) is 2.87. The number of rotatable bonds is 5. The lowest BCUT2D eigenvalue weighted by atomic mass is 9.85. The number of halogens is 3. The predicted octanol–water partition coefficient (Wildman–Crippen LogP) is 5.57. The molecule has 5 nitrogen and oxygen atoms in total. The first-order valence-electron chi connectivity index (χ1n) is 11.2. The maximum absolute atomic E-state index is 13.5. The first-order chi connectivity index (χ1) is 16.5. The second-order valence-corrected chi connectivity index (χ2v) is 9.19. The van der Waals surface area contributed by atoms with Crippen LogP contribution in [0.15, 0.2) is 61.1 Å². The third-order valence-electron chi connectivity index (χ3n) is 6.14. The van der Waals surface area contributed by atoms with E-state index in [2.05, 4.69) is 30.4 Å². The molecule has 3 aromatic rings. The van der Waals surface area contributed by atoms with Crippen LogP contribution in [0.25, 0.3) is 16.7 Å². The highest BCUT2D eigenvalue weighted by molar-refractivity contribution is 7.98. The van der Waals surface area contributed by atoms with Crippen LogP contribution in [-0.4, -0.2) is 33.9 Å². The smallest absolute Gasteiger partial charge is 0.313 e. The molecule has 2 aliphatic heterocycles. The van der Waals surface area contributed by atoms with Crippen molar-refractivity contribution in [2.75, 3.05) is 24.4 Å². The fourth-order valence-electron chi connectivity index (χ4n) is 4.46. The molecule has 0 aliphatic carbocycles. The summed E-state index contributed by atoms with van der Waals surface area (Å²) in [5.74, 6) is 0.740. The Morgan fingerprint density at radius 2 is 1.94 bits per heavy atom. The van der Waals surface area contributed by atoms with Crippen molar-refractivity contribution >= 4 is 23.5 Å². The van der Waals surface area contributed by atoms with Gasteiger partial charge in [0.1, 0.15) is 12.1 Å². The monoisotopic (exact) mass is 483 g/mol. The van der Waals surface area contributed by atoms with Gasteiger partial charge in [0.25, 0.3) is 0 Å². The van der Waals surface area contributed by atoms with Gasteiger partial charge in [-0.1, -0.05) is 30.3 Å². The molecule has 0 saturated heterocycles. The van der Waals surface area contributed by atoms with E-state index in [1.165, 1.54) is 41.7 Å². The molecule has 0 unspecified atom stereocenters.